The molecule has 106 valence electrons. The zero-order valence-electron chi connectivity index (χ0n) is 10.8. The van der Waals surface area contributed by atoms with Crippen molar-refractivity contribution in [1.29, 1.82) is 0 Å². The van der Waals surface area contributed by atoms with E-state index in [0.717, 1.165) is 11.3 Å². The van der Waals surface area contributed by atoms with Gasteiger partial charge in [-0.25, -0.2) is 0 Å². The van der Waals surface area contributed by atoms with E-state index in [1.54, 1.807) is 12.1 Å². The zero-order chi connectivity index (χ0) is 14.5. The first kappa shape index (κ1) is 14.6. The van der Waals surface area contributed by atoms with E-state index in [1.165, 1.54) is 6.07 Å². The Morgan fingerprint density at radius 3 is 2.40 bits per heavy atom. The maximum atomic E-state index is 12.1. The van der Waals surface area contributed by atoms with Crippen molar-refractivity contribution < 1.29 is 13.5 Å². The van der Waals surface area contributed by atoms with Crippen molar-refractivity contribution in [3.8, 4) is 5.75 Å². The summed E-state index contributed by atoms with van der Waals surface area (Å²) in [6, 6.07) is 14.6. The van der Waals surface area contributed by atoms with Crippen LogP contribution in [-0.2, 0) is 0 Å². The van der Waals surface area contributed by atoms with Crippen LogP contribution in [0.4, 0.5) is 14.5 Å². The summed E-state index contributed by atoms with van der Waals surface area (Å²) in [7, 11) is 0. The Hall–Kier alpha value is -1.81. The van der Waals surface area contributed by atoms with Gasteiger partial charge in [0, 0.05) is 11.7 Å². The molecule has 0 aromatic heterocycles. The van der Waals surface area contributed by atoms with Crippen molar-refractivity contribution >= 4 is 17.3 Å². The molecule has 1 N–H and O–H groups in total. The fraction of sp³-hybridized carbons (Fsp3) is 0.200. The van der Waals surface area contributed by atoms with Crippen LogP contribution in [0.25, 0.3) is 0 Å². The number of hydrogen-bond acceptors (Lipinski definition) is 2. The minimum absolute atomic E-state index is 0.0282. The third-order valence-electron chi connectivity index (χ3n) is 2.83. The highest BCUT2D eigenvalue weighted by Crippen LogP contribution is 2.30. The maximum Gasteiger partial charge on any atom is 0.387 e. The second kappa shape index (κ2) is 6.57. The van der Waals surface area contributed by atoms with Crippen molar-refractivity contribution in [2.24, 2.45) is 0 Å². The van der Waals surface area contributed by atoms with Crippen molar-refractivity contribution in [3.05, 3.63) is 59.1 Å². The fourth-order valence-electron chi connectivity index (χ4n) is 1.86. The Bertz CT molecular complexity index is 563. The summed E-state index contributed by atoms with van der Waals surface area (Å²) in [6.07, 6.45) is 0. The highest BCUT2D eigenvalue weighted by molar-refractivity contribution is 6.32. The first-order valence-corrected chi connectivity index (χ1v) is 6.50. The van der Waals surface area contributed by atoms with Gasteiger partial charge in [-0.15, -0.1) is 0 Å². The van der Waals surface area contributed by atoms with E-state index in [0.29, 0.717) is 0 Å². The van der Waals surface area contributed by atoms with E-state index in [2.05, 4.69) is 10.1 Å². The number of rotatable bonds is 5. The molecule has 2 nitrogen and oxygen atoms in total. The Labute approximate surface area is 121 Å². The molecule has 0 aliphatic rings. The number of nitrogens with one attached hydrogen (secondary N) is 1. The van der Waals surface area contributed by atoms with Crippen molar-refractivity contribution in [3.63, 3.8) is 0 Å². The number of halogens is 3. The second-order valence-electron chi connectivity index (χ2n) is 4.30. The van der Waals surface area contributed by atoms with Gasteiger partial charge in [0.1, 0.15) is 5.75 Å². The molecule has 0 aliphatic heterocycles. The summed E-state index contributed by atoms with van der Waals surface area (Å²) in [4.78, 5) is 0. The Morgan fingerprint density at radius 1 is 1.10 bits per heavy atom. The highest BCUT2D eigenvalue weighted by atomic mass is 35.5. The average Bonchev–Trinajstić information content (AvgIpc) is 2.42. The van der Waals surface area contributed by atoms with Crippen LogP contribution in [0.15, 0.2) is 48.5 Å². The molecule has 2 aromatic carbocycles. The quantitative estimate of drug-likeness (QED) is 0.827. The second-order valence-corrected chi connectivity index (χ2v) is 4.71. The molecule has 0 amide bonds. The van der Waals surface area contributed by atoms with Crippen LogP contribution in [0.1, 0.15) is 18.5 Å². The van der Waals surface area contributed by atoms with E-state index in [1.807, 2.05) is 37.3 Å². The normalized spacial score (nSPS) is 12.2. The molecule has 20 heavy (non-hydrogen) atoms. The highest BCUT2D eigenvalue weighted by Gasteiger charge is 2.10. The molecule has 1 unspecified atom stereocenters. The van der Waals surface area contributed by atoms with Crippen LogP contribution in [0.3, 0.4) is 0 Å². The van der Waals surface area contributed by atoms with Crippen LogP contribution in [-0.4, -0.2) is 6.61 Å². The molecule has 0 heterocycles. The van der Waals surface area contributed by atoms with Crippen LogP contribution in [0.5, 0.6) is 5.75 Å². The van der Waals surface area contributed by atoms with Crippen LogP contribution in [0, 0.1) is 0 Å². The van der Waals surface area contributed by atoms with E-state index in [-0.39, 0.29) is 16.8 Å². The number of alkyl halides is 2. The molecular formula is C15H14ClF2NO. The Balaban J connectivity index is 2.09. The number of benzene rings is 2. The van der Waals surface area contributed by atoms with E-state index in [4.69, 9.17) is 11.6 Å². The minimum atomic E-state index is -2.88. The molecule has 5 heteroatoms. The summed E-state index contributed by atoms with van der Waals surface area (Å²) in [5.74, 6) is -0.0282. The summed E-state index contributed by atoms with van der Waals surface area (Å²) in [5, 5.41) is 3.40. The summed E-state index contributed by atoms with van der Waals surface area (Å²) >= 11 is 5.90. The van der Waals surface area contributed by atoms with Crippen molar-refractivity contribution in [2.75, 3.05) is 5.32 Å². The monoisotopic (exact) mass is 297 g/mol. The topological polar surface area (TPSA) is 21.3 Å². The predicted molar refractivity (Wildman–Crippen MR) is 76.6 cm³/mol. The van der Waals surface area contributed by atoms with Gasteiger partial charge in [-0.05, 0) is 30.7 Å². The number of ether oxygens (including phenoxy) is 1. The maximum absolute atomic E-state index is 12.1. The molecule has 0 saturated carbocycles. The smallest absolute Gasteiger partial charge is 0.387 e. The molecule has 0 radical (unpaired) electrons. The Morgan fingerprint density at radius 2 is 1.80 bits per heavy atom. The van der Waals surface area contributed by atoms with Gasteiger partial charge in [0.05, 0.1) is 5.02 Å². The van der Waals surface area contributed by atoms with Crippen LogP contribution in [0.2, 0.25) is 5.02 Å². The summed E-state index contributed by atoms with van der Waals surface area (Å²) in [6.45, 7) is -0.873. The van der Waals surface area contributed by atoms with Gasteiger partial charge >= 0.3 is 6.61 Å². The van der Waals surface area contributed by atoms with Crippen LogP contribution >= 0.6 is 11.6 Å². The van der Waals surface area contributed by atoms with Gasteiger partial charge in [0.25, 0.3) is 0 Å². The molecule has 1 atom stereocenters. The molecule has 0 aliphatic carbocycles. The predicted octanol–water partition coefficient (Wildman–Crippen LogP) is 5.11. The molecule has 2 rings (SSSR count). The fourth-order valence-corrected chi connectivity index (χ4v) is 2.08. The lowest BCUT2D eigenvalue weighted by Crippen LogP contribution is -2.07. The molecule has 0 spiro atoms. The van der Waals surface area contributed by atoms with Gasteiger partial charge in [-0.3, -0.25) is 0 Å². The molecule has 2 aromatic rings. The van der Waals surface area contributed by atoms with Gasteiger partial charge in [-0.1, -0.05) is 41.9 Å². The van der Waals surface area contributed by atoms with Crippen LogP contribution < -0.4 is 10.1 Å². The van der Waals surface area contributed by atoms with Gasteiger partial charge in [0.15, 0.2) is 0 Å². The van der Waals surface area contributed by atoms with E-state index >= 15 is 0 Å². The first-order valence-electron chi connectivity index (χ1n) is 6.12. The first-order chi connectivity index (χ1) is 9.56. The zero-order valence-corrected chi connectivity index (χ0v) is 11.6. The SMILES string of the molecule is CC(Nc1ccc(OC(F)F)c(Cl)c1)c1ccccc1. The Kier molecular flexibility index (Phi) is 4.79. The third-order valence-corrected chi connectivity index (χ3v) is 3.13. The van der Waals surface area contributed by atoms with Gasteiger partial charge in [0.2, 0.25) is 0 Å². The molecule has 0 fully saturated rings. The lowest BCUT2D eigenvalue weighted by atomic mass is 10.1. The average molecular weight is 298 g/mol. The lowest BCUT2D eigenvalue weighted by molar-refractivity contribution is -0.0497. The standard InChI is InChI=1S/C15H14ClF2NO/c1-10(11-5-3-2-4-6-11)19-12-7-8-14(13(16)9-12)20-15(17)18/h2-10,15,19H,1H3. The van der Waals surface area contributed by atoms with Gasteiger partial charge in [-0.2, -0.15) is 8.78 Å². The van der Waals surface area contributed by atoms with E-state index < -0.39 is 6.61 Å². The third kappa shape index (κ3) is 3.84. The lowest BCUT2D eigenvalue weighted by Gasteiger charge is -2.16. The molecule has 0 bridgehead atoms. The summed E-state index contributed by atoms with van der Waals surface area (Å²) < 4.78 is 28.6. The summed E-state index contributed by atoms with van der Waals surface area (Å²) in [5.41, 5.74) is 1.87. The van der Waals surface area contributed by atoms with E-state index in [9.17, 15) is 8.78 Å². The van der Waals surface area contributed by atoms with Crippen molar-refractivity contribution in [2.45, 2.75) is 19.6 Å². The van der Waals surface area contributed by atoms with Gasteiger partial charge < -0.3 is 10.1 Å². The van der Waals surface area contributed by atoms with Crippen molar-refractivity contribution in [1.82, 2.24) is 0 Å². The number of hydrogen-bond donors (Lipinski definition) is 1. The number of anilines is 1. The molecule has 0 saturated heterocycles. The minimum Gasteiger partial charge on any atom is -0.433 e. The largest absolute Gasteiger partial charge is 0.433 e. The molecular weight excluding hydrogens is 284 g/mol.